The summed E-state index contributed by atoms with van der Waals surface area (Å²) in [5.41, 5.74) is 3.17. The number of rotatable bonds is 10. The minimum atomic E-state index is -0.518. The molecule has 0 aromatic heterocycles. The van der Waals surface area contributed by atoms with E-state index in [9.17, 15) is 9.59 Å². The average molecular weight is 663 g/mol. The van der Waals surface area contributed by atoms with Crippen LogP contribution in [0, 0.1) is 13.8 Å². The van der Waals surface area contributed by atoms with Gasteiger partial charge >= 0.3 is 11.9 Å². The molecule has 50 heavy (non-hydrogen) atoms. The van der Waals surface area contributed by atoms with E-state index >= 15 is 0 Å². The van der Waals surface area contributed by atoms with E-state index in [0.717, 1.165) is 54.2 Å². The normalized spacial score (nSPS) is 12.6. The van der Waals surface area contributed by atoms with Gasteiger partial charge in [-0.3, -0.25) is 0 Å². The first kappa shape index (κ1) is 32.7. The van der Waals surface area contributed by atoms with Gasteiger partial charge in [0.05, 0.1) is 11.1 Å². The van der Waals surface area contributed by atoms with Gasteiger partial charge in [0.25, 0.3) is 0 Å². The highest BCUT2D eigenvalue weighted by Gasteiger charge is 2.21. The Morgan fingerprint density at radius 3 is 1.32 bits per heavy atom. The van der Waals surface area contributed by atoms with E-state index in [2.05, 4.69) is 12.1 Å². The summed E-state index contributed by atoms with van der Waals surface area (Å²) in [4.78, 5) is 26.5. The van der Waals surface area contributed by atoms with Gasteiger partial charge in [0.15, 0.2) is 0 Å². The van der Waals surface area contributed by atoms with E-state index in [1.165, 1.54) is 0 Å². The summed E-state index contributed by atoms with van der Waals surface area (Å²) in [5.74, 6) is 0.597. The minimum absolute atomic E-state index is 0.157. The first-order chi connectivity index (χ1) is 24.3. The molecule has 0 radical (unpaired) electrons. The summed E-state index contributed by atoms with van der Waals surface area (Å²) in [6.45, 7) is 8.05. The van der Waals surface area contributed by atoms with Gasteiger partial charge in [-0.15, -0.1) is 0 Å². The van der Waals surface area contributed by atoms with E-state index in [1.54, 1.807) is 12.1 Å². The molecule has 0 saturated carbocycles. The van der Waals surface area contributed by atoms with Crippen LogP contribution in [-0.4, -0.2) is 37.4 Å². The molecule has 0 bridgehead atoms. The number of ether oxygens (including phenoxy) is 4. The van der Waals surface area contributed by atoms with Crippen molar-refractivity contribution in [2.24, 2.45) is 0 Å². The Morgan fingerprint density at radius 2 is 0.880 bits per heavy atom. The van der Waals surface area contributed by atoms with Crippen molar-refractivity contribution >= 4 is 55.0 Å². The molecule has 0 N–H and O–H groups in total. The summed E-state index contributed by atoms with van der Waals surface area (Å²) in [6, 6.07) is 39.1. The molecule has 2 atom stereocenters. The molecule has 0 heterocycles. The summed E-state index contributed by atoms with van der Waals surface area (Å²) < 4.78 is 24.8. The van der Waals surface area contributed by atoms with Gasteiger partial charge in [0.1, 0.15) is 36.9 Å². The number of benzene rings is 7. The largest absolute Gasteiger partial charge is 0.488 e. The zero-order chi connectivity index (χ0) is 34.8. The lowest BCUT2D eigenvalue weighted by Crippen LogP contribution is -2.23. The first-order valence-electron chi connectivity index (χ1n) is 16.9. The molecule has 2 unspecified atom stereocenters. The Hall–Kier alpha value is -5.88. The predicted molar refractivity (Wildman–Crippen MR) is 200 cm³/mol. The molecule has 0 saturated heterocycles. The van der Waals surface area contributed by atoms with Crippen molar-refractivity contribution in [2.45, 2.75) is 39.9 Å². The second-order valence-electron chi connectivity index (χ2n) is 12.9. The van der Waals surface area contributed by atoms with Crippen LogP contribution in [-0.2, 0) is 9.47 Å². The molecule has 6 nitrogen and oxygen atoms in total. The quantitative estimate of drug-likeness (QED) is 0.107. The van der Waals surface area contributed by atoms with E-state index in [1.807, 2.05) is 125 Å². The van der Waals surface area contributed by atoms with Crippen molar-refractivity contribution in [3.63, 3.8) is 0 Å². The highest BCUT2D eigenvalue weighted by Crippen LogP contribution is 2.44. The SMILES string of the molecule is Cc1ccc2c(OCC(C)OC(=O)c3cccc4ccccc34)c3cc(C)ccc3c(OCC(C)OC(=O)c3cccc4ccccc34)c2c1. The number of aryl methyl sites for hydroxylation is 2. The van der Waals surface area contributed by atoms with E-state index in [0.29, 0.717) is 22.6 Å². The van der Waals surface area contributed by atoms with E-state index < -0.39 is 24.1 Å². The molecule has 7 aromatic carbocycles. The van der Waals surface area contributed by atoms with Crippen LogP contribution in [0.1, 0.15) is 45.7 Å². The fourth-order valence-electron chi connectivity index (χ4n) is 6.46. The van der Waals surface area contributed by atoms with E-state index in [4.69, 9.17) is 18.9 Å². The minimum Gasteiger partial charge on any atom is -0.488 e. The number of hydrogen-bond acceptors (Lipinski definition) is 6. The van der Waals surface area contributed by atoms with Crippen LogP contribution < -0.4 is 9.47 Å². The lowest BCUT2D eigenvalue weighted by molar-refractivity contribution is 0.0224. The number of carbonyl (C=O) groups is 2. The molecule has 250 valence electrons. The van der Waals surface area contributed by atoms with Gasteiger partial charge < -0.3 is 18.9 Å². The molecule has 0 aliphatic heterocycles. The van der Waals surface area contributed by atoms with Crippen molar-refractivity contribution in [1.29, 1.82) is 0 Å². The molecule has 0 aliphatic rings. The van der Waals surface area contributed by atoms with Gasteiger partial charge in [0, 0.05) is 21.5 Å². The van der Waals surface area contributed by atoms with Crippen molar-refractivity contribution in [3.8, 4) is 11.5 Å². The summed E-state index contributed by atoms with van der Waals surface area (Å²) in [5, 5.41) is 7.17. The number of hydrogen-bond donors (Lipinski definition) is 0. The predicted octanol–water partition coefficient (Wildman–Crippen LogP) is 10.2. The summed E-state index contributed by atoms with van der Waals surface area (Å²) in [7, 11) is 0. The number of fused-ring (bicyclic) bond motifs is 4. The van der Waals surface area contributed by atoms with Crippen LogP contribution in [0.5, 0.6) is 11.5 Å². The number of esters is 2. The number of carbonyl (C=O) groups excluding carboxylic acids is 2. The smallest absolute Gasteiger partial charge is 0.339 e. The average Bonchev–Trinajstić information content (AvgIpc) is 3.12. The molecular formula is C44H38O6. The molecule has 7 aromatic rings. The fraction of sp³-hybridized carbons (Fsp3) is 0.182. The standard InChI is InChI=1S/C44H38O6/c1-27-19-21-35-39(23-27)41(47-25-29(3)49-43(45)37-17-9-13-31-11-5-7-15-33(31)37)36-22-20-28(2)24-40(36)42(35)48-26-30(4)50-44(46)38-18-10-14-32-12-6-8-16-34(32)38/h5-24,29-30H,25-26H2,1-4H3. The Labute approximate surface area is 291 Å². The summed E-state index contributed by atoms with van der Waals surface area (Å²) >= 11 is 0. The topological polar surface area (TPSA) is 71.1 Å². The maximum Gasteiger partial charge on any atom is 0.339 e. The molecule has 0 amide bonds. The molecule has 7 rings (SSSR count). The zero-order valence-electron chi connectivity index (χ0n) is 28.6. The van der Waals surface area contributed by atoms with Crippen molar-refractivity contribution in [2.75, 3.05) is 13.2 Å². The van der Waals surface area contributed by atoms with Crippen LogP contribution in [0.4, 0.5) is 0 Å². The van der Waals surface area contributed by atoms with Crippen molar-refractivity contribution in [3.05, 3.63) is 144 Å². The van der Waals surface area contributed by atoms with Gasteiger partial charge in [-0.05, 0) is 73.5 Å². The van der Waals surface area contributed by atoms with Crippen LogP contribution in [0.15, 0.2) is 121 Å². The van der Waals surface area contributed by atoms with Crippen LogP contribution in [0.25, 0.3) is 43.1 Å². The van der Waals surface area contributed by atoms with Crippen LogP contribution >= 0.6 is 0 Å². The Kier molecular flexibility index (Phi) is 9.09. The van der Waals surface area contributed by atoms with Crippen LogP contribution in [0.2, 0.25) is 0 Å². The van der Waals surface area contributed by atoms with Crippen molar-refractivity contribution in [1.82, 2.24) is 0 Å². The molecular weight excluding hydrogens is 624 g/mol. The maximum absolute atomic E-state index is 13.2. The first-order valence-corrected chi connectivity index (χ1v) is 16.9. The third-order valence-corrected chi connectivity index (χ3v) is 8.89. The Balaban J connectivity index is 1.13. The second-order valence-corrected chi connectivity index (χ2v) is 12.9. The third kappa shape index (κ3) is 6.57. The van der Waals surface area contributed by atoms with Gasteiger partial charge in [-0.25, -0.2) is 9.59 Å². The zero-order valence-corrected chi connectivity index (χ0v) is 28.6. The Morgan fingerprint density at radius 1 is 0.480 bits per heavy atom. The van der Waals surface area contributed by atoms with Crippen molar-refractivity contribution < 1.29 is 28.5 Å². The van der Waals surface area contributed by atoms with E-state index in [-0.39, 0.29) is 13.2 Å². The maximum atomic E-state index is 13.2. The third-order valence-electron chi connectivity index (χ3n) is 8.89. The monoisotopic (exact) mass is 662 g/mol. The summed E-state index contributed by atoms with van der Waals surface area (Å²) in [6.07, 6.45) is -1.04. The molecule has 0 fully saturated rings. The van der Waals surface area contributed by atoms with Gasteiger partial charge in [0.2, 0.25) is 0 Å². The molecule has 0 aliphatic carbocycles. The highest BCUT2D eigenvalue weighted by molar-refractivity contribution is 6.11. The molecule has 6 heteroatoms. The van der Waals surface area contributed by atoms with Crippen LogP contribution in [0.3, 0.4) is 0 Å². The Bertz CT molecular complexity index is 2210. The van der Waals surface area contributed by atoms with Gasteiger partial charge in [-0.2, -0.15) is 0 Å². The lowest BCUT2D eigenvalue weighted by atomic mass is 9.97. The highest BCUT2D eigenvalue weighted by atomic mass is 16.6. The fourth-order valence-corrected chi connectivity index (χ4v) is 6.46. The van der Waals surface area contributed by atoms with Gasteiger partial charge in [-0.1, -0.05) is 108 Å². The molecule has 0 spiro atoms. The lowest BCUT2D eigenvalue weighted by Gasteiger charge is -2.21. The second kappa shape index (κ2) is 13.9.